The SMILES string of the molecule is CCCCCCNC(=O)C1CCCN(CC(=O)Nc2ccc(C)cc2)C1. The molecule has 2 amide bonds. The van der Waals surface area contributed by atoms with Crippen LogP contribution in [0, 0.1) is 12.8 Å². The minimum atomic E-state index is -0.0190. The van der Waals surface area contributed by atoms with Crippen LogP contribution in [-0.2, 0) is 9.59 Å². The highest BCUT2D eigenvalue weighted by Gasteiger charge is 2.26. The van der Waals surface area contributed by atoms with E-state index in [1.54, 1.807) is 0 Å². The average molecular weight is 360 g/mol. The molecule has 0 radical (unpaired) electrons. The van der Waals surface area contributed by atoms with Gasteiger partial charge in [0.05, 0.1) is 12.5 Å². The maximum absolute atomic E-state index is 12.3. The molecule has 1 aliphatic heterocycles. The molecule has 0 saturated carbocycles. The Hall–Kier alpha value is -1.88. The maximum Gasteiger partial charge on any atom is 0.238 e. The molecule has 1 aliphatic rings. The summed E-state index contributed by atoms with van der Waals surface area (Å²) in [6, 6.07) is 7.80. The van der Waals surface area contributed by atoms with Gasteiger partial charge in [0.1, 0.15) is 0 Å². The molecule has 0 aliphatic carbocycles. The van der Waals surface area contributed by atoms with Crippen molar-refractivity contribution in [3.05, 3.63) is 29.8 Å². The summed E-state index contributed by atoms with van der Waals surface area (Å²) < 4.78 is 0. The van der Waals surface area contributed by atoms with Gasteiger partial charge in [-0.1, -0.05) is 43.9 Å². The molecule has 5 nitrogen and oxygen atoms in total. The highest BCUT2D eigenvalue weighted by atomic mass is 16.2. The van der Waals surface area contributed by atoms with Crippen molar-refractivity contribution in [1.29, 1.82) is 0 Å². The van der Waals surface area contributed by atoms with Crippen LogP contribution in [0.4, 0.5) is 5.69 Å². The molecule has 2 N–H and O–H groups in total. The van der Waals surface area contributed by atoms with Gasteiger partial charge in [0.25, 0.3) is 0 Å². The van der Waals surface area contributed by atoms with Crippen molar-refractivity contribution in [2.75, 3.05) is 31.5 Å². The number of carbonyl (C=O) groups excluding carboxylic acids is 2. The number of aryl methyl sites for hydroxylation is 1. The fraction of sp³-hybridized carbons (Fsp3) is 0.619. The minimum absolute atomic E-state index is 0.00194. The van der Waals surface area contributed by atoms with E-state index < -0.39 is 0 Å². The molecule has 1 atom stereocenters. The lowest BCUT2D eigenvalue weighted by molar-refractivity contribution is -0.127. The number of carbonyl (C=O) groups is 2. The fourth-order valence-electron chi connectivity index (χ4n) is 3.36. The second-order valence-electron chi connectivity index (χ2n) is 7.34. The Balaban J connectivity index is 1.72. The van der Waals surface area contributed by atoms with Crippen LogP contribution in [-0.4, -0.2) is 42.9 Å². The highest BCUT2D eigenvalue weighted by Crippen LogP contribution is 2.17. The zero-order valence-corrected chi connectivity index (χ0v) is 16.2. The topological polar surface area (TPSA) is 61.4 Å². The van der Waals surface area contributed by atoms with Crippen LogP contribution in [0.15, 0.2) is 24.3 Å². The van der Waals surface area contributed by atoms with Crippen molar-refractivity contribution in [2.45, 2.75) is 52.4 Å². The third-order valence-corrected chi connectivity index (χ3v) is 4.91. The zero-order chi connectivity index (χ0) is 18.8. The van der Waals surface area contributed by atoms with Crippen molar-refractivity contribution < 1.29 is 9.59 Å². The Labute approximate surface area is 157 Å². The van der Waals surface area contributed by atoms with E-state index in [-0.39, 0.29) is 17.7 Å². The molecular formula is C21H33N3O2. The van der Waals surface area contributed by atoms with Crippen molar-refractivity contribution in [2.24, 2.45) is 5.92 Å². The zero-order valence-electron chi connectivity index (χ0n) is 16.2. The monoisotopic (exact) mass is 359 g/mol. The van der Waals surface area contributed by atoms with Gasteiger partial charge in [0, 0.05) is 18.8 Å². The number of nitrogens with zero attached hydrogens (tertiary/aromatic N) is 1. The smallest absolute Gasteiger partial charge is 0.238 e. The first-order valence-corrected chi connectivity index (χ1v) is 9.95. The first-order chi connectivity index (χ1) is 12.6. The van der Waals surface area contributed by atoms with Gasteiger partial charge in [0.2, 0.25) is 11.8 Å². The molecule has 144 valence electrons. The second-order valence-corrected chi connectivity index (χ2v) is 7.34. The van der Waals surface area contributed by atoms with Gasteiger partial charge < -0.3 is 10.6 Å². The van der Waals surface area contributed by atoms with E-state index in [4.69, 9.17) is 0 Å². The van der Waals surface area contributed by atoms with Crippen LogP contribution in [0.2, 0.25) is 0 Å². The van der Waals surface area contributed by atoms with Gasteiger partial charge in [-0.3, -0.25) is 14.5 Å². The van der Waals surface area contributed by atoms with Crippen LogP contribution >= 0.6 is 0 Å². The van der Waals surface area contributed by atoms with Crippen molar-refractivity contribution in [3.63, 3.8) is 0 Å². The summed E-state index contributed by atoms with van der Waals surface area (Å²) in [6.45, 7) is 6.86. The molecule has 1 unspecified atom stereocenters. The second kappa shape index (κ2) is 11.0. The Bertz CT molecular complexity index is 571. The summed E-state index contributed by atoms with van der Waals surface area (Å²) in [4.78, 5) is 26.7. The first kappa shape index (κ1) is 20.4. The number of nitrogens with one attached hydrogen (secondary N) is 2. The quantitative estimate of drug-likeness (QED) is 0.665. The highest BCUT2D eigenvalue weighted by molar-refractivity contribution is 5.92. The lowest BCUT2D eigenvalue weighted by Gasteiger charge is -2.31. The number of hydrogen-bond acceptors (Lipinski definition) is 3. The Morgan fingerprint density at radius 2 is 1.92 bits per heavy atom. The predicted octanol–water partition coefficient (Wildman–Crippen LogP) is 3.34. The molecule has 1 aromatic carbocycles. The number of amides is 2. The van der Waals surface area contributed by atoms with Crippen molar-refractivity contribution >= 4 is 17.5 Å². The van der Waals surface area contributed by atoms with Gasteiger partial charge >= 0.3 is 0 Å². The van der Waals surface area contributed by atoms with E-state index in [0.29, 0.717) is 13.1 Å². The van der Waals surface area contributed by atoms with Crippen LogP contribution in [0.3, 0.4) is 0 Å². The average Bonchev–Trinajstić information content (AvgIpc) is 2.63. The third kappa shape index (κ3) is 7.16. The molecule has 2 rings (SSSR count). The summed E-state index contributed by atoms with van der Waals surface area (Å²) in [5.74, 6) is 0.127. The Morgan fingerprint density at radius 3 is 2.65 bits per heavy atom. The molecule has 1 saturated heterocycles. The van der Waals surface area contributed by atoms with E-state index in [1.807, 2.05) is 31.2 Å². The molecular weight excluding hydrogens is 326 g/mol. The molecule has 0 bridgehead atoms. The van der Waals surface area contributed by atoms with E-state index >= 15 is 0 Å². The molecule has 1 fully saturated rings. The first-order valence-electron chi connectivity index (χ1n) is 9.95. The summed E-state index contributed by atoms with van der Waals surface area (Å²) in [6.07, 6.45) is 6.53. The van der Waals surface area contributed by atoms with Crippen LogP contribution in [0.1, 0.15) is 51.0 Å². The Morgan fingerprint density at radius 1 is 1.15 bits per heavy atom. The fourth-order valence-corrected chi connectivity index (χ4v) is 3.36. The largest absolute Gasteiger partial charge is 0.356 e. The normalized spacial score (nSPS) is 17.7. The molecule has 0 aromatic heterocycles. The number of benzene rings is 1. The van der Waals surface area contributed by atoms with E-state index in [9.17, 15) is 9.59 Å². The van der Waals surface area contributed by atoms with Gasteiger partial charge in [-0.05, 0) is 44.9 Å². The minimum Gasteiger partial charge on any atom is -0.356 e. The third-order valence-electron chi connectivity index (χ3n) is 4.91. The summed E-state index contributed by atoms with van der Waals surface area (Å²) >= 11 is 0. The molecule has 26 heavy (non-hydrogen) atoms. The number of rotatable bonds is 9. The van der Waals surface area contributed by atoms with Gasteiger partial charge in [0.15, 0.2) is 0 Å². The van der Waals surface area contributed by atoms with E-state index in [1.165, 1.54) is 24.8 Å². The van der Waals surface area contributed by atoms with Crippen LogP contribution in [0.25, 0.3) is 0 Å². The van der Waals surface area contributed by atoms with Gasteiger partial charge in [-0.2, -0.15) is 0 Å². The molecule has 0 spiro atoms. The number of likely N-dealkylation sites (tertiary alicyclic amines) is 1. The van der Waals surface area contributed by atoms with Crippen LogP contribution in [0.5, 0.6) is 0 Å². The molecule has 5 heteroatoms. The summed E-state index contributed by atoms with van der Waals surface area (Å²) in [5.41, 5.74) is 1.99. The van der Waals surface area contributed by atoms with Crippen molar-refractivity contribution in [1.82, 2.24) is 10.2 Å². The lowest BCUT2D eigenvalue weighted by Crippen LogP contribution is -2.45. The predicted molar refractivity (Wildman–Crippen MR) is 106 cm³/mol. The van der Waals surface area contributed by atoms with Crippen molar-refractivity contribution in [3.8, 4) is 0 Å². The lowest BCUT2D eigenvalue weighted by atomic mass is 9.97. The summed E-state index contributed by atoms with van der Waals surface area (Å²) in [7, 11) is 0. The molecule has 1 heterocycles. The number of anilines is 1. The van der Waals surface area contributed by atoms with E-state index in [0.717, 1.165) is 38.0 Å². The standard InChI is InChI=1S/C21H33N3O2/c1-3-4-5-6-13-22-21(26)18-8-7-14-24(15-18)16-20(25)23-19-11-9-17(2)10-12-19/h9-12,18H,3-8,13-16H2,1-2H3,(H,22,26)(H,23,25). The molecule has 1 aromatic rings. The number of hydrogen-bond donors (Lipinski definition) is 2. The van der Waals surface area contributed by atoms with Crippen LogP contribution < -0.4 is 10.6 Å². The van der Waals surface area contributed by atoms with Gasteiger partial charge in [-0.25, -0.2) is 0 Å². The maximum atomic E-state index is 12.3. The number of piperidine rings is 1. The Kier molecular flexibility index (Phi) is 8.62. The summed E-state index contributed by atoms with van der Waals surface area (Å²) in [5, 5.41) is 6.00. The van der Waals surface area contributed by atoms with Gasteiger partial charge in [-0.15, -0.1) is 0 Å². The number of unbranched alkanes of at least 4 members (excludes halogenated alkanes) is 3. The van der Waals surface area contributed by atoms with E-state index in [2.05, 4.69) is 22.5 Å².